The molecule has 0 amide bonds. The highest BCUT2D eigenvalue weighted by atomic mass is 19.1. The molecule has 1 unspecified atom stereocenters. The number of nitrogens with zero attached hydrogens (tertiary/aromatic N) is 2. The van der Waals surface area contributed by atoms with Crippen molar-refractivity contribution in [2.75, 3.05) is 11.9 Å². The first-order valence-corrected chi connectivity index (χ1v) is 5.93. The van der Waals surface area contributed by atoms with E-state index in [0.29, 0.717) is 16.8 Å². The van der Waals surface area contributed by atoms with Gasteiger partial charge in [0, 0.05) is 23.8 Å². The van der Waals surface area contributed by atoms with Crippen LogP contribution in [-0.4, -0.2) is 29.1 Å². The number of aryl methyl sites for hydroxylation is 1. The number of aromatic nitrogens is 1. The molecule has 0 aliphatic rings. The van der Waals surface area contributed by atoms with Crippen molar-refractivity contribution < 1.29 is 14.3 Å². The Kier molecular flexibility index (Phi) is 3.38. The number of halogens is 1. The number of carboxylic acids is 1. The standard InChI is InChI=1S/C14H15FN2O2/c1-8-7-12(17(3)9(2)14(18)19)10-5-4-6-11(15)13(10)16-8/h4-7,9H,1-3H3,(H,18,19). The van der Waals surface area contributed by atoms with Crippen molar-refractivity contribution in [1.82, 2.24) is 4.98 Å². The van der Waals surface area contributed by atoms with Crippen molar-refractivity contribution in [2.45, 2.75) is 19.9 Å². The fourth-order valence-electron chi connectivity index (χ4n) is 1.99. The van der Waals surface area contributed by atoms with Crippen molar-refractivity contribution in [3.8, 4) is 0 Å². The van der Waals surface area contributed by atoms with Crippen LogP contribution in [-0.2, 0) is 4.79 Å². The molecule has 0 bridgehead atoms. The van der Waals surface area contributed by atoms with E-state index in [1.165, 1.54) is 6.07 Å². The Balaban J connectivity index is 2.66. The number of pyridine rings is 1. The minimum absolute atomic E-state index is 0.266. The van der Waals surface area contributed by atoms with Gasteiger partial charge in [-0.3, -0.25) is 0 Å². The Morgan fingerprint density at radius 2 is 2.16 bits per heavy atom. The first kappa shape index (κ1) is 13.3. The average molecular weight is 262 g/mol. The lowest BCUT2D eigenvalue weighted by molar-refractivity contribution is -0.138. The van der Waals surface area contributed by atoms with Gasteiger partial charge < -0.3 is 10.0 Å². The third kappa shape index (κ3) is 2.36. The van der Waals surface area contributed by atoms with E-state index in [1.807, 2.05) is 0 Å². The number of carbonyl (C=O) groups is 1. The van der Waals surface area contributed by atoms with Gasteiger partial charge in [-0.1, -0.05) is 12.1 Å². The molecule has 1 aromatic heterocycles. The topological polar surface area (TPSA) is 53.4 Å². The van der Waals surface area contributed by atoms with Gasteiger partial charge in [-0.05, 0) is 26.0 Å². The molecule has 0 aliphatic carbocycles. The highest BCUT2D eigenvalue weighted by molar-refractivity contribution is 5.94. The molecule has 0 radical (unpaired) electrons. The maximum atomic E-state index is 13.8. The number of para-hydroxylation sites is 1. The maximum absolute atomic E-state index is 13.8. The lowest BCUT2D eigenvalue weighted by Crippen LogP contribution is -2.36. The maximum Gasteiger partial charge on any atom is 0.326 e. The van der Waals surface area contributed by atoms with E-state index in [4.69, 9.17) is 5.11 Å². The quantitative estimate of drug-likeness (QED) is 0.923. The minimum atomic E-state index is -0.929. The molecule has 19 heavy (non-hydrogen) atoms. The second-order valence-corrected chi connectivity index (χ2v) is 4.54. The highest BCUT2D eigenvalue weighted by Crippen LogP contribution is 2.28. The Bertz CT molecular complexity index is 643. The van der Waals surface area contributed by atoms with Gasteiger partial charge in [0.05, 0.1) is 0 Å². The minimum Gasteiger partial charge on any atom is -0.480 e. The number of fused-ring (bicyclic) bond motifs is 1. The SMILES string of the molecule is Cc1cc(N(C)C(C)C(=O)O)c2cccc(F)c2n1. The van der Waals surface area contributed by atoms with E-state index < -0.39 is 17.8 Å². The molecule has 5 heteroatoms. The summed E-state index contributed by atoms with van der Waals surface area (Å²) in [5, 5.41) is 9.69. The predicted octanol–water partition coefficient (Wildman–Crippen LogP) is 2.59. The van der Waals surface area contributed by atoms with Crippen LogP contribution < -0.4 is 4.90 Å². The monoisotopic (exact) mass is 262 g/mol. The Morgan fingerprint density at radius 1 is 1.47 bits per heavy atom. The Labute approximate surface area is 110 Å². The zero-order valence-corrected chi connectivity index (χ0v) is 11.0. The average Bonchev–Trinajstić information content (AvgIpc) is 2.37. The predicted molar refractivity (Wildman–Crippen MR) is 71.9 cm³/mol. The zero-order valence-electron chi connectivity index (χ0n) is 11.0. The summed E-state index contributed by atoms with van der Waals surface area (Å²) in [6.07, 6.45) is 0. The summed E-state index contributed by atoms with van der Waals surface area (Å²) in [7, 11) is 1.68. The van der Waals surface area contributed by atoms with Gasteiger partial charge >= 0.3 is 5.97 Å². The van der Waals surface area contributed by atoms with Crippen molar-refractivity contribution in [1.29, 1.82) is 0 Å². The number of carboxylic acid groups (broad SMARTS) is 1. The van der Waals surface area contributed by atoms with Crippen molar-refractivity contribution in [3.63, 3.8) is 0 Å². The summed E-state index contributed by atoms with van der Waals surface area (Å²) in [5.41, 5.74) is 1.58. The molecule has 1 heterocycles. The molecule has 0 aliphatic heterocycles. The van der Waals surface area contributed by atoms with Crippen LogP contribution in [0.25, 0.3) is 10.9 Å². The van der Waals surface area contributed by atoms with Gasteiger partial charge in [0.1, 0.15) is 17.4 Å². The third-order valence-electron chi connectivity index (χ3n) is 3.21. The fourth-order valence-corrected chi connectivity index (χ4v) is 1.99. The second-order valence-electron chi connectivity index (χ2n) is 4.54. The first-order chi connectivity index (χ1) is 8.91. The van der Waals surface area contributed by atoms with Crippen LogP contribution >= 0.6 is 0 Å². The number of aliphatic carboxylic acids is 1. The molecule has 100 valence electrons. The number of rotatable bonds is 3. The second kappa shape index (κ2) is 4.84. The Morgan fingerprint density at radius 3 is 2.79 bits per heavy atom. The van der Waals surface area contributed by atoms with Gasteiger partial charge in [-0.2, -0.15) is 0 Å². The van der Waals surface area contributed by atoms with Crippen molar-refractivity contribution in [3.05, 3.63) is 35.8 Å². The lowest BCUT2D eigenvalue weighted by Gasteiger charge is -2.25. The summed E-state index contributed by atoms with van der Waals surface area (Å²) in [6.45, 7) is 3.35. The molecule has 0 spiro atoms. The van der Waals surface area contributed by atoms with E-state index in [2.05, 4.69) is 4.98 Å². The number of hydrogen-bond donors (Lipinski definition) is 1. The summed E-state index contributed by atoms with van der Waals surface area (Å²) < 4.78 is 13.8. The molecular formula is C14H15FN2O2. The first-order valence-electron chi connectivity index (χ1n) is 5.93. The van der Waals surface area contributed by atoms with Gasteiger partial charge in [-0.15, -0.1) is 0 Å². The summed E-state index contributed by atoms with van der Waals surface area (Å²) in [4.78, 5) is 16.9. The number of likely N-dealkylation sites (N-methyl/N-ethyl adjacent to an activating group) is 1. The smallest absolute Gasteiger partial charge is 0.326 e. The van der Waals surface area contributed by atoms with E-state index in [-0.39, 0.29) is 5.52 Å². The summed E-state index contributed by atoms with van der Waals surface area (Å²) in [5.74, 6) is -1.33. The third-order valence-corrected chi connectivity index (χ3v) is 3.21. The van der Waals surface area contributed by atoms with E-state index in [9.17, 15) is 9.18 Å². The van der Waals surface area contributed by atoms with Crippen LogP contribution in [0.5, 0.6) is 0 Å². The molecule has 1 atom stereocenters. The molecule has 0 fully saturated rings. The molecule has 2 aromatic rings. The number of anilines is 1. The lowest BCUT2D eigenvalue weighted by atomic mass is 10.1. The normalized spacial score (nSPS) is 12.4. The summed E-state index contributed by atoms with van der Waals surface area (Å²) in [6, 6.07) is 5.75. The van der Waals surface area contributed by atoms with Gasteiger partial charge in [0.25, 0.3) is 0 Å². The van der Waals surface area contributed by atoms with E-state index >= 15 is 0 Å². The summed E-state index contributed by atoms with van der Waals surface area (Å²) >= 11 is 0. The molecular weight excluding hydrogens is 247 g/mol. The number of hydrogen-bond acceptors (Lipinski definition) is 3. The molecule has 2 rings (SSSR count). The van der Waals surface area contributed by atoms with Crippen LogP contribution in [0, 0.1) is 12.7 Å². The van der Waals surface area contributed by atoms with Gasteiger partial charge in [0.15, 0.2) is 0 Å². The molecule has 1 aromatic carbocycles. The van der Waals surface area contributed by atoms with Gasteiger partial charge in [-0.25, -0.2) is 14.2 Å². The van der Waals surface area contributed by atoms with Crippen molar-refractivity contribution in [2.24, 2.45) is 0 Å². The Hall–Kier alpha value is -2.17. The van der Waals surface area contributed by atoms with E-state index in [0.717, 1.165) is 0 Å². The van der Waals surface area contributed by atoms with Crippen LogP contribution in [0.2, 0.25) is 0 Å². The van der Waals surface area contributed by atoms with E-state index in [1.54, 1.807) is 44.0 Å². The largest absolute Gasteiger partial charge is 0.480 e. The van der Waals surface area contributed by atoms with Crippen LogP contribution in [0.4, 0.5) is 10.1 Å². The molecule has 1 N–H and O–H groups in total. The van der Waals surface area contributed by atoms with Crippen LogP contribution in [0.1, 0.15) is 12.6 Å². The highest BCUT2D eigenvalue weighted by Gasteiger charge is 2.20. The number of benzene rings is 1. The fraction of sp³-hybridized carbons (Fsp3) is 0.286. The molecule has 0 saturated carbocycles. The zero-order chi connectivity index (χ0) is 14.2. The van der Waals surface area contributed by atoms with Crippen LogP contribution in [0.3, 0.4) is 0 Å². The van der Waals surface area contributed by atoms with Crippen molar-refractivity contribution >= 4 is 22.6 Å². The molecule has 0 saturated heterocycles. The van der Waals surface area contributed by atoms with Crippen LogP contribution in [0.15, 0.2) is 24.3 Å². The van der Waals surface area contributed by atoms with Gasteiger partial charge in [0.2, 0.25) is 0 Å². The molecule has 4 nitrogen and oxygen atoms in total.